The Morgan fingerprint density at radius 3 is 0.989 bits per heavy atom. The summed E-state index contributed by atoms with van der Waals surface area (Å²) in [4.78, 5) is 67.6. The van der Waals surface area contributed by atoms with E-state index in [1.807, 2.05) is 238 Å². The van der Waals surface area contributed by atoms with Gasteiger partial charge in [-0.05, 0) is 94.5 Å². The van der Waals surface area contributed by atoms with Crippen LogP contribution in [0, 0.1) is 6.57 Å². The Morgan fingerprint density at radius 2 is 0.600 bits per heavy atom. The van der Waals surface area contributed by atoms with E-state index in [2.05, 4.69) is 68.8 Å². The molecule has 0 bridgehead atoms. The third-order valence-electron chi connectivity index (χ3n) is 16.7. The van der Waals surface area contributed by atoms with Crippen LogP contribution in [0.1, 0.15) is 64.5 Å². The lowest BCUT2D eigenvalue weighted by molar-refractivity contribution is 0.0998. The molecule has 95 heavy (non-hydrogen) atoms. The monoisotopic (exact) mass is 1240 g/mol. The van der Waals surface area contributed by atoms with E-state index >= 15 is 0 Å². The fourth-order valence-corrected chi connectivity index (χ4v) is 12.1. The third kappa shape index (κ3) is 11.4. The number of carbonyl (C=O) groups is 3. The number of amides is 3. The summed E-state index contributed by atoms with van der Waals surface area (Å²) >= 11 is 0. The number of fused-ring (bicyclic) bond motifs is 3. The quantitative estimate of drug-likeness (QED) is 0.0647. The number of carbonyl (C=O) groups excluding carboxylic acids is 3. The number of aliphatic imine (C=N–C) groups is 3. The number of para-hydroxylation sites is 3. The Bertz CT molecular complexity index is 5150. The van der Waals surface area contributed by atoms with Crippen LogP contribution >= 0.6 is 0 Å². The molecule has 6 N–H and O–H groups in total. The summed E-state index contributed by atoms with van der Waals surface area (Å²) in [6.07, 6.45) is 0. The van der Waals surface area contributed by atoms with E-state index in [-0.39, 0.29) is 29.5 Å². The predicted octanol–water partition coefficient (Wildman–Crippen LogP) is 17.6. The van der Waals surface area contributed by atoms with E-state index in [0.717, 1.165) is 67.4 Å². The maximum absolute atomic E-state index is 12.9. The molecule has 0 saturated carbocycles. The number of aromatic amines is 3. The van der Waals surface area contributed by atoms with Gasteiger partial charge in [0.1, 0.15) is 0 Å². The standard InChI is InChI=1S/C30H21N3O2.C25H19N3O2.C25H15N3O2/c34-29-25-26(30(35)31-27(25)20-10-4-1-5-11-20)28(32-29)21-16-18-24(19-17-21)33(22-12-6-2-7-13-22)23-14-8-3-9-15-23;1-28(18-10-6-3-7-11-18)19-14-12-17(13-15-19)23-21-20(24(29)27-23)22(26-25(21)30)16-8-4-2-5-9-16;1-26-19-9-5-8-18(14-19)23-21-20(24(29)28-23)22(27-25(21)30)17-12-10-16(11-13-17)15-6-3-2-4-7-15/h1-19,31,35H;2-15,26,30H,1H3;2-14,28-29H. The maximum atomic E-state index is 12.9. The van der Waals surface area contributed by atoms with Crippen LogP contribution in [0.2, 0.25) is 0 Å². The van der Waals surface area contributed by atoms with Crippen LogP contribution in [0.5, 0.6) is 17.6 Å². The van der Waals surface area contributed by atoms with Crippen LogP contribution in [0.4, 0.5) is 34.1 Å². The Hall–Kier alpha value is -13.5. The molecule has 3 aromatic heterocycles. The average Bonchev–Trinajstić information content (AvgIpc) is 1.61. The van der Waals surface area contributed by atoms with Gasteiger partial charge >= 0.3 is 0 Å². The summed E-state index contributed by atoms with van der Waals surface area (Å²) in [6, 6.07) is 89.7. The molecule has 0 atom stereocenters. The van der Waals surface area contributed by atoms with E-state index in [1.165, 1.54) is 0 Å². The second-order valence-corrected chi connectivity index (χ2v) is 22.4. The first-order chi connectivity index (χ1) is 46.5. The topological polar surface area (TPSA) is 207 Å². The van der Waals surface area contributed by atoms with Gasteiger partial charge in [-0.3, -0.25) is 14.4 Å². The van der Waals surface area contributed by atoms with Gasteiger partial charge in [0.25, 0.3) is 17.7 Å². The molecular formula is C80H55N9O6. The maximum Gasteiger partial charge on any atom is 0.280 e. The Labute approximate surface area is 545 Å². The average molecular weight is 1240 g/mol. The molecule has 0 fully saturated rings. The number of aromatic nitrogens is 3. The van der Waals surface area contributed by atoms with Crippen molar-refractivity contribution in [3.05, 3.63) is 341 Å². The summed E-state index contributed by atoms with van der Waals surface area (Å²) in [7, 11) is 2.00. The minimum Gasteiger partial charge on any atom is -0.494 e. The largest absolute Gasteiger partial charge is 0.494 e. The Morgan fingerprint density at radius 1 is 0.316 bits per heavy atom. The number of hydrogen-bond donors (Lipinski definition) is 6. The van der Waals surface area contributed by atoms with Crippen molar-refractivity contribution < 1.29 is 29.7 Å². The molecule has 15 nitrogen and oxygen atoms in total. The molecular weight excluding hydrogens is 1180 g/mol. The zero-order chi connectivity index (χ0) is 65.1. The molecule has 16 rings (SSSR count). The number of aromatic hydroxyl groups is 3. The number of anilines is 5. The van der Waals surface area contributed by atoms with Gasteiger partial charge in [0.2, 0.25) is 0 Å². The van der Waals surface area contributed by atoms with Gasteiger partial charge in [0.05, 0.1) is 74.2 Å². The van der Waals surface area contributed by atoms with Gasteiger partial charge in [-0.2, -0.15) is 0 Å². The number of benzene rings is 10. The number of nitrogens with one attached hydrogen (secondary N) is 3. The normalized spacial score (nSPS) is 12.4. The van der Waals surface area contributed by atoms with E-state index < -0.39 is 5.91 Å². The summed E-state index contributed by atoms with van der Waals surface area (Å²) in [6.45, 7) is 7.20. The molecule has 0 aliphatic carbocycles. The summed E-state index contributed by atoms with van der Waals surface area (Å²) in [5.74, 6) is -1.32. The van der Waals surface area contributed by atoms with Crippen molar-refractivity contribution in [3.63, 3.8) is 0 Å². The minimum atomic E-state index is -0.410. The second kappa shape index (κ2) is 25.4. The molecule has 3 aliphatic rings. The third-order valence-corrected chi connectivity index (χ3v) is 16.7. The number of H-pyrrole nitrogens is 3. The first-order valence-electron chi connectivity index (χ1n) is 30.4. The molecule has 456 valence electrons. The summed E-state index contributed by atoms with van der Waals surface area (Å²) in [5.41, 5.74) is 17.9. The fraction of sp³-hybridized carbons (Fsp3) is 0.0125. The number of rotatable bonds is 12. The number of nitrogens with zero attached hydrogens (tertiary/aromatic N) is 6. The number of hydrogen-bond acceptors (Lipinski definition) is 8. The first kappa shape index (κ1) is 59.2. The molecule has 3 aliphatic heterocycles. The van der Waals surface area contributed by atoms with Crippen molar-refractivity contribution in [2.24, 2.45) is 15.0 Å². The highest BCUT2D eigenvalue weighted by molar-refractivity contribution is 6.32. The van der Waals surface area contributed by atoms with Crippen LogP contribution in [-0.2, 0) is 0 Å². The van der Waals surface area contributed by atoms with Crippen molar-refractivity contribution in [3.8, 4) is 62.5 Å². The molecule has 0 spiro atoms. The van der Waals surface area contributed by atoms with Gasteiger partial charge < -0.3 is 40.1 Å². The smallest absolute Gasteiger partial charge is 0.280 e. The van der Waals surface area contributed by atoms with Crippen molar-refractivity contribution in [1.82, 2.24) is 15.0 Å². The van der Waals surface area contributed by atoms with Crippen LogP contribution in [0.15, 0.2) is 294 Å². The van der Waals surface area contributed by atoms with Crippen LogP contribution in [0.3, 0.4) is 0 Å². The lowest BCUT2D eigenvalue weighted by atomic mass is 9.98. The van der Waals surface area contributed by atoms with Crippen molar-refractivity contribution in [2.45, 2.75) is 0 Å². The van der Waals surface area contributed by atoms with Crippen LogP contribution < -0.4 is 9.80 Å². The highest BCUT2D eigenvalue weighted by atomic mass is 16.3. The first-order valence-corrected chi connectivity index (χ1v) is 30.4. The van der Waals surface area contributed by atoms with Gasteiger partial charge in [-0.1, -0.05) is 212 Å². The second-order valence-electron chi connectivity index (χ2n) is 22.4. The van der Waals surface area contributed by atoms with Crippen LogP contribution in [-0.4, -0.2) is 72.2 Å². The highest BCUT2D eigenvalue weighted by Gasteiger charge is 2.36. The zero-order valence-corrected chi connectivity index (χ0v) is 50.8. The SMILES string of the molecule is CN(c1ccccc1)c1ccc(C2=NC(=O)c3c(-c4ccccc4)[nH]c(O)c32)cc1.O=C1N=C(c2ccc(N(c3ccccc3)c3ccccc3)cc2)c2c(O)[nH]c(-c3ccccc3)c21.[C-]#[N+]c1cccc(-c2[nH]c(O)c3c2C(=O)N=C3c2ccc(-c3ccccc3)cc2)c1. The molecule has 3 amide bonds. The van der Waals surface area contributed by atoms with Gasteiger partial charge in [0.15, 0.2) is 23.3 Å². The molecule has 10 aromatic carbocycles. The highest BCUT2D eigenvalue weighted by Crippen LogP contribution is 2.43. The lowest BCUT2D eigenvalue weighted by Crippen LogP contribution is -2.10. The molecule has 0 saturated heterocycles. The molecule has 0 radical (unpaired) electrons. The summed E-state index contributed by atoms with van der Waals surface area (Å²) < 4.78 is 0. The van der Waals surface area contributed by atoms with E-state index in [9.17, 15) is 29.7 Å². The Kier molecular flexibility index (Phi) is 15.9. The minimum absolute atomic E-state index is 0.0427. The zero-order valence-electron chi connectivity index (χ0n) is 50.8. The van der Waals surface area contributed by atoms with Crippen molar-refractivity contribution in [1.29, 1.82) is 0 Å². The van der Waals surface area contributed by atoms with Crippen LogP contribution in [0.25, 0.3) is 49.7 Å². The molecule has 6 heterocycles. The van der Waals surface area contributed by atoms with E-state index in [1.54, 1.807) is 24.3 Å². The fourth-order valence-electron chi connectivity index (χ4n) is 12.1. The summed E-state index contributed by atoms with van der Waals surface area (Å²) in [5, 5.41) is 31.8. The van der Waals surface area contributed by atoms with E-state index in [0.29, 0.717) is 78.8 Å². The molecule has 13 aromatic rings. The van der Waals surface area contributed by atoms with Gasteiger partial charge in [-0.25, -0.2) is 19.8 Å². The molecule has 15 heteroatoms. The Balaban J connectivity index is 0.000000123. The van der Waals surface area contributed by atoms with Gasteiger partial charge in [-0.15, -0.1) is 0 Å². The van der Waals surface area contributed by atoms with E-state index in [4.69, 9.17) is 6.57 Å². The molecule has 0 unspecified atom stereocenters. The van der Waals surface area contributed by atoms with Crippen molar-refractivity contribution in [2.75, 3.05) is 16.8 Å². The van der Waals surface area contributed by atoms with Crippen molar-refractivity contribution >= 4 is 69.0 Å². The lowest BCUT2D eigenvalue weighted by Gasteiger charge is -2.25. The van der Waals surface area contributed by atoms with Gasteiger partial charge in [0, 0.05) is 52.2 Å². The predicted molar refractivity (Wildman–Crippen MR) is 374 cm³/mol.